The maximum atomic E-state index is 11.0. The molecule has 0 heterocycles. The predicted octanol–water partition coefficient (Wildman–Crippen LogP) is 2.53. The van der Waals surface area contributed by atoms with Gasteiger partial charge in [-0.15, -0.1) is 0 Å². The number of rotatable bonds is 5. The van der Waals surface area contributed by atoms with Gasteiger partial charge < -0.3 is 14.2 Å². The maximum absolute atomic E-state index is 11.0. The third-order valence-electron chi connectivity index (χ3n) is 2.09. The summed E-state index contributed by atoms with van der Waals surface area (Å²) in [5.74, 6) is -0.256. The molecule has 4 nitrogen and oxygen atoms in total. The molecule has 1 unspecified atom stereocenters. The van der Waals surface area contributed by atoms with E-state index in [0.29, 0.717) is 18.8 Å². The number of ether oxygens (including phenoxy) is 3. The average Bonchev–Trinajstić information content (AvgIpc) is 2.41. The summed E-state index contributed by atoms with van der Waals surface area (Å²) in [6.45, 7) is 4.86. The SMILES string of the molecule is CCOC(=O)c1ccccc1.COCC(C)OC. The van der Waals surface area contributed by atoms with Gasteiger partial charge in [-0.3, -0.25) is 0 Å². The van der Waals surface area contributed by atoms with Gasteiger partial charge in [0.2, 0.25) is 0 Å². The quantitative estimate of drug-likeness (QED) is 0.757. The van der Waals surface area contributed by atoms with Gasteiger partial charge in [0.15, 0.2) is 0 Å². The summed E-state index contributed by atoms with van der Waals surface area (Å²) in [6.07, 6.45) is 0.227. The predicted molar refractivity (Wildman–Crippen MR) is 70.7 cm³/mol. The zero-order chi connectivity index (χ0) is 13.8. The lowest BCUT2D eigenvalue weighted by atomic mass is 10.2. The zero-order valence-electron chi connectivity index (χ0n) is 11.5. The number of hydrogen-bond donors (Lipinski definition) is 0. The van der Waals surface area contributed by atoms with Gasteiger partial charge in [0.25, 0.3) is 0 Å². The van der Waals surface area contributed by atoms with Gasteiger partial charge >= 0.3 is 5.97 Å². The second-order valence-corrected chi connectivity index (χ2v) is 3.59. The smallest absolute Gasteiger partial charge is 0.338 e. The highest BCUT2D eigenvalue weighted by molar-refractivity contribution is 5.89. The Balaban J connectivity index is 0.000000360. The molecule has 0 saturated carbocycles. The van der Waals surface area contributed by atoms with E-state index in [-0.39, 0.29) is 12.1 Å². The van der Waals surface area contributed by atoms with Crippen LogP contribution in [0.25, 0.3) is 0 Å². The van der Waals surface area contributed by atoms with E-state index in [1.165, 1.54) is 0 Å². The minimum atomic E-state index is -0.256. The Morgan fingerprint density at radius 2 is 1.83 bits per heavy atom. The van der Waals surface area contributed by atoms with Crippen molar-refractivity contribution in [3.63, 3.8) is 0 Å². The van der Waals surface area contributed by atoms with Crippen LogP contribution in [0.15, 0.2) is 30.3 Å². The van der Waals surface area contributed by atoms with Crippen LogP contribution < -0.4 is 0 Å². The summed E-state index contributed by atoms with van der Waals surface area (Å²) in [5, 5.41) is 0. The number of methoxy groups -OCH3 is 2. The molecule has 1 rings (SSSR count). The molecule has 1 atom stereocenters. The number of esters is 1. The van der Waals surface area contributed by atoms with Gasteiger partial charge in [-0.1, -0.05) is 18.2 Å². The van der Waals surface area contributed by atoms with E-state index in [1.807, 2.05) is 25.1 Å². The van der Waals surface area contributed by atoms with Gasteiger partial charge in [-0.2, -0.15) is 0 Å². The third kappa shape index (κ3) is 7.81. The molecular formula is C14H22O4. The van der Waals surface area contributed by atoms with Crippen molar-refractivity contribution >= 4 is 5.97 Å². The number of carbonyl (C=O) groups is 1. The first-order valence-corrected chi connectivity index (χ1v) is 5.89. The van der Waals surface area contributed by atoms with Crippen molar-refractivity contribution in [3.8, 4) is 0 Å². The Hall–Kier alpha value is -1.39. The fourth-order valence-electron chi connectivity index (χ4n) is 1.09. The molecule has 0 aliphatic heterocycles. The average molecular weight is 254 g/mol. The van der Waals surface area contributed by atoms with E-state index in [1.54, 1.807) is 33.3 Å². The van der Waals surface area contributed by atoms with Gasteiger partial charge in [0, 0.05) is 14.2 Å². The molecule has 18 heavy (non-hydrogen) atoms. The maximum Gasteiger partial charge on any atom is 0.338 e. The molecule has 0 aromatic heterocycles. The number of carbonyl (C=O) groups excluding carboxylic acids is 1. The van der Waals surface area contributed by atoms with E-state index in [2.05, 4.69) is 0 Å². The van der Waals surface area contributed by atoms with Gasteiger partial charge in [-0.05, 0) is 26.0 Å². The molecule has 0 aliphatic carbocycles. The van der Waals surface area contributed by atoms with Gasteiger partial charge in [0.1, 0.15) is 0 Å². The third-order valence-corrected chi connectivity index (χ3v) is 2.09. The van der Waals surface area contributed by atoms with E-state index >= 15 is 0 Å². The summed E-state index contributed by atoms with van der Waals surface area (Å²) in [4.78, 5) is 11.0. The minimum Gasteiger partial charge on any atom is -0.462 e. The molecule has 0 saturated heterocycles. The second kappa shape index (κ2) is 10.7. The van der Waals surface area contributed by atoms with Crippen LogP contribution in [0.3, 0.4) is 0 Å². The van der Waals surface area contributed by atoms with Crippen molar-refractivity contribution in [2.24, 2.45) is 0 Å². The van der Waals surface area contributed by atoms with Crippen LogP contribution in [0.2, 0.25) is 0 Å². The van der Waals surface area contributed by atoms with E-state index < -0.39 is 0 Å². The van der Waals surface area contributed by atoms with Crippen LogP contribution in [0.4, 0.5) is 0 Å². The molecule has 0 bridgehead atoms. The Labute approximate surface area is 109 Å². The van der Waals surface area contributed by atoms with Crippen molar-refractivity contribution in [1.29, 1.82) is 0 Å². The van der Waals surface area contributed by atoms with Crippen LogP contribution in [0, 0.1) is 0 Å². The first-order valence-electron chi connectivity index (χ1n) is 5.89. The molecule has 0 fully saturated rings. The van der Waals surface area contributed by atoms with Crippen molar-refractivity contribution in [3.05, 3.63) is 35.9 Å². The highest BCUT2D eigenvalue weighted by atomic mass is 16.5. The zero-order valence-corrected chi connectivity index (χ0v) is 11.5. The topological polar surface area (TPSA) is 44.8 Å². The summed E-state index contributed by atoms with van der Waals surface area (Å²) < 4.78 is 14.4. The fraction of sp³-hybridized carbons (Fsp3) is 0.500. The van der Waals surface area contributed by atoms with Crippen molar-refractivity contribution < 1.29 is 19.0 Å². The lowest BCUT2D eigenvalue weighted by Gasteiger charge is -2.05. The van der Waals surface area contributed by atoms with E-state index in [4.69, 9.17) is 14.2 Å². The lowest BCUT2D eigenvalue weighted by molar-refractivity contribution is 0.0401. The number of hydrogen-bond acceptors (Lipinski definition) is 4. The molecule has 0 amide bonds. The molecule has 0 radical (unpaired) electrons. The van der Waals surface area contributed by atoms with E-state index in [0.717, 1.165) is 0 Å². The first kappa shape index (κ1) is 16.6. The molecular weight excluding hydrogens is 232 g/mol. The Kier molecular flexibility index (Phi) is 9.91. The van der Waals surface area contributed by atoms with E-state index in [9.17, 15) is 4.79 Å². The summed E-state index contributed by atoms with van der Waals surface area (Å²) >= 11 is 0. The largest absolute Gasteiger partial charge is 0.462 e. The van der Waals surface area contributed by atoms with Crippen molar-refractivity contribution in [1.82, 2.24) is 0 Å². The van der Waals surface area contributed by atoms with Gasteiger partial charge in [-0.25, -0.2) is 4.79 Å². The summed E-state index contributed by atoms with van der Waals surface area (Å²) in [7, 11) is 3.33. The number of benzene rings is 1. The van der Waals surface area contributed by atoms with Crippen LogP contribution >= 0.6 is 0 Å². The summed E-state index contributed by atoms with van der Waals surface area (Å²) in [6, 6.07) is 8.96. The van der Waals surface area contributed by atoms with Crippen LogP contribution in [0.1, 0.15) is 24.2 Å². The highest BCUT2D eigenvalue weighted by Gasteiger charge is 2.02. The highest BCUT2D eigenvalue weighted by Crippen LogP contribution is 1.99. The molecule has 0 spiro atoms. The van der Waals surface area contributed by atoms with Crippen LogP contribution in [-0.4, -0.2) is 39.5 Å². The fourth-order valence-corrected chi connectivity index (χ4v) is 1.09. The Morgan fingerprint density at radius 3 is 2.22 bits per heavy atom. The second-order valence-electron chi connectivity index (χ2n) is 3.59. The van der Waals surface area contributed by atoms with Crippen LogP contribution in [-0.2, 0) is 14.2 Å². The first-order chi connectivity index (χ1) is 8.65. The monoisotopic (exact) mass is 254 g/mol. The molecule has 102 valence electrons. The van der Waals surface area contributed by atoms with Crippen LogP contribution in [0.5, 0.6) is 0 Å². The lowest BCUT2D eigenvalue weighted by Crippen LogP contribution is -2.11. The molecule has 0 aliphatic rings. The molecule has 4 heteroatoms. The standard InChI is InChI=1S/C9H10O2.C5H12O2/c1-2-11-9(10)8-6-4-3-5-7-8;1-5(7-3)4-6-2/h3-7H,2H2,1H3;5H,4H2,1-3H3. The molecule has 0 N–H and O–H groups in total. The molecule has 1 aromatic rings. The minimum absolute atomic E-state index is 0.227. The van der Waals surface area contributed by atoms with Crippen molar-refractivity contribution in [2.45, 2.75) is 20.0 Å². The Morgan fingerprint density at radius 1 is 1.22 bits per heavy atom. The Bertz CT molecular complexity index is 311. The molecule has 1 aromatic carbocycles. The van der Waals surface area contributed by atoms with Crippen molar-refractivity contribution in [2.75, 3.05) is 27.4 Å². The normalized spacial score (nSPS) is 11.1. The van der Waals surface area contributed by atoms with Gasteiger partial charge in [0.05, 0.1) is 24.9 Å². The summed E-state index contributed by atoms with van der Waals surface area (Å²) in [5.41, 5.74) is 0.606.